The summed E-state index contributed by atoms with van der Waals surface area (Å²) >= 11 is 0. The molecule has 1 fully saturated rings. The molecule has 1 aliphatic heterocycles. The van der Waals surface area contributed by atoms with E-state index in [0.717, 1.165) is 17.0 Å². The first-order valence-electron chi connectivity index (χ1n) is 7.40. The molecule has 1 N–H and O–H groups in total. The van der Waals surface area contributed by atoms with Crippen molar-refractivity contribution in [3.8, 4) is 0 Å². The Morgan fingerprint density at radius 2 is 1.95 bits per heavy atom. The number of fused-ring (bicyclic) bond motifs is 1. The van der Waals surface area contributed by atoms with E-state index in [2.05, 4.69) is 10.2 Å². The van der Waals surface area contributed by atoms with Gasteiger partial charge in [-0.3, -0.25) is 4.79 Å². The summed E-state index contributed by atoms with van der Waals surface area (Å²) in [5.41, 5.74) is 1.29. The normalized spacial score (nSPS) is 34.0. The van der Waals surface area contributed by atoms with E-state index in [0.29, 0.717) is 6.42 Å². The van der Waals surface area contributed by atoms with E-state index in [1.165, 1.54) is 19.1 Å². The first-order chi connectivity index (χ1) is 10.3. The summed E-state index contributed by atoms with van der Waals surface area (Å²) in [5, 5.41) is 19.1. The van der Waals surface area contributed by atoms with Gasteiger partial charge in [0.15, 0.2) is 0 Å². The van der Waals surface area contributed by atoms with Crippen LogP contribution in [0.4, 0.5) is 4.39 Å². The molecule has 0 amide bonds. The van der Waals surface area contributed by atoms with Gasteiger partial charge in [0.1, 0.15) is 11.6 Å². The van der Waals surface area contributed by atoms with E-state index in [1.807, 2.05) is 6.92 Å². The van der Waals surface area contributed by atoms with Gasteiger partial charge < -0.3 is 5.11 Å². The summed E-state index contributed by atoms with van der Waals surface area (Å²) in [5.74, 6) is -1.33. The van der Waals surface area contributed by atoms with Gasteiger partial charge >= 0.3 is 0 Å². The van der Waals surface area contributed by atoms with Crippen molar-refractivity contribution in [2.75, 3.05) is 0 Å². The van der Waals surface area contributed by atoms with Crippen LogP contribution >= 0.6 is 0 Å². The van der Waals surface area contributed by atoms with Crippen molar-refractivity contribution in [2.45, 2.75) is 38.7 Å². The Bertz CT molecular complexity index is 676. The van der Waals surface area contributed by atoms with Gasteiger partial charge in [0.25, 0.3) is 0 Å². The number of ketones is 1. The van der Waals surface area contributed by atoms with Crippen LogP contribution in [0.2, 0.25) is 0 Å². The van der Waals surface area contributed by atoms with Crippen LogP contribution in [0.1, 0.15) is 38.7 Å². The fourth-order valence-corrected chi connectivity index (χ4v) is 3.94. The Hall–Kier alpha value is -1.88. The summed E-state index contributed by atoms with van der Waals surface area (Å²) < 4.78 is 13.2. The number of benzene rings is 1. The van der Waals surface area contributed by atoms with Crippen LogP contribution < -0.4 is 0 Å². The molecular formula is C17H19FN2O2. The molecule has 1 aromatic rings. The maximum Gasteiger partial charge on any atom is 0.136 e. The zero-order chi connectivity index (χ0) is 16.1. The maximum absolute atomic E-state index is 13.2. The summed E-state index contributed by atoms with van der Waals surface area (Å²) in [7, 11) is 0. The van der Waals surface area contributed by atoms with Crippen molar-refractivity contribution in [1.29, 1.82) is 0 Å². The van der Waals surface area contributed by atoms with Crippen molar-refractivity contribution in [1.82, 2.24) is 0 Å². The Morgan fingerprint density at radius 1 is 1.32 bits per heavy atom. The number of carbonyl (C=O) groups is 1. The van der Waals surface area contributed by atoms with Gasteiger partial charge in [0.2, 0.25) is 0 Å². The highest BCUT2D eigenvalue weighted by Crippen LogP contribution is 2.48. The molecule has 116 valence electrons. The largest absolute Gasteiger partial charge is 0.389 e. The Morgan fingerprint density at radius 3 is 2.55 bits per heavy atom. The zero-order valence-corrected chi connectivity index (χ0v) is 12.9. The third-order valence-corrected chi connectivity index (χ3v) is 4.77. The SMILES string of the molecule is CC(=O)[C@@H]1[C@@H](c2ccc(F)cc2)[C@@H]2C(C)=NN=C2C[C@@]1(C)O. The second-order valence-electron chi connectivity index (χ2n) is 6.51. The van der Waals surface area contributed by atoms with Crippen molar-refractivity contribution >= 4 is 17.2 Å². The van der Waals surface area contributed by atoms with E-state index in [-0.39, 0.29) is 23.4 Å². The lowest BCUT2D eigenvalue weighted by Gasteiger charge is -2.45. The minimum absolute atomic E-state index is 0.0712. The molecule has 4 atom stereocenters. The molecule has 1 aromatic carbocycles. The van der Waals surface area contributed by atoms with E-state index in [4.69, 9.17) is 0 Å². The molecule has 0 radical (unpaired) electrons. The molecule has 5 heteroatoms. The molecule has 0 bridgehead atoms. The summed E-state index contributed by atoms with van der Waals surface area (Å²) in [4.78, 5) is 12.2. The molecule has 0 saturated heterocycles. The molecule has 0 unspecified atom stereocenters. The van der Waals surface area contributed by atoms with E-state index >= 15 is 0 Å². The topological polar surface area (TPSA) is 62.0 Å². The molecule has 0 spiro atoms. The maximum atomic E-state index is 13.2. The molecule has 4 nitrogen and oxygen atoms in total. The smallest absolute Gasteiger partial charge is 0.136 e. The fourth-order valence-electron chi connectivity index (χ4n) is 3.94. The first kappa shape index (κ1) is 15.0. The minimum Gasteiger partial charge on any atom is -0.389 e. The highest BCUT2D eigenvalue weighted by Gasteiger charge is 2.53. The number of halogens is 1. The second kappa shape index (κ2) is 5.09. The van der Waals surface area contributed by atoms with Gasteiger partial charge in [0, 0.05) is 24.0 Å². The van der Waals surface area contributed by atoms with Crippen LogP contribution in [0.3, 0.4) is 0 Å². The summed E-state index contributed by atoms with van der Waals surface area (Å²) in [6.45, 7) is 5.05. The van der Waals surface area contributed by atoms with Crippen molar-refractivity contribution in [3.63, 3.8) is 0 Å². The van der Waals surface area contributed by atoms with Gasteiger partial charge in [-0.2, -0.15) is 10.2 Å². The van der Waals surface area contributed by atoms with Crippen LogP contribution in [-0.4, -0.2) is 27.9 Å². The highest BCUT2D eigenvalue weighted by molar-refractivity contribution is 6.12. The van der Waals surface area contributed by atoms with Crippen LogP contribution in [0, 0.1) is 17.7 Å². The second-order valence-corrected chi connectivity index (χ2v) is 6.51. The number of rotatable bonds is 2. The van der Waals surface area contributed by atoms with Crippen molar-refractivity contribution in [2.24, 2.45) is 22.0 Å². The Kier molecular flexibility index (Phi) is 3.48. The fraction of sp³-hybridized carbons (Fsp3) is 0.471. The summed E-state index contributed by atoms with van der Waals surface area (Å²) in [6.07, 6.45) is 0.334. The van der Waals surface area contributed by atoms with Crippen molar-refractivity contribution in [3.05, 3.63) is 35.6 Å². The highest BCUT2D eigenvalue weighted by atomic mass is 19.1. The molecule has 1 saturated carbocycles. The third-order valence-electron chi connectivity index (χ3n) is 4.77. The number of carbonyl (C=O) groups excluding carboxylic acids is 1. The minimum atomic E-state index is -1.18. The van der Waals surface area contributed by atoms with Gasteiger partial charge in [-0.05, 0) is 38.5 Å². The number of hydrogen-bond donors (Lipinski definition) is 1. The van der Waals surface area contributed by atoms with Gasteiger partial charge in [-0.15, -0.1) is 0 Å². The Labute approximate surface area is 128 Å². The Balaban J connectivity index is 2.14. The average molecular weight is 302 g/mol. The number of aliphatic hydroxyl groups is 1. The van der Waals surface area contributed by atoms with E-state index < -0.39 is 11.5 Å². The van der Waals surface area contributed by atoms with Crippen LogP contribution in [0.15, 0.2) is 34.5 Å². The molecular weight excluding hydrogens is 283 g/mol. The standard InChI is InChI=1S/C17H19FN2O2/c1-9-14-13(20-19-9)8-17(3,22)16(10(2)21)15(14)11-4-6-12(18)7-5-11/h4-7,14-16,22H,8H2,1-3H3/t14-,15+,16-,17-/m1/s1. The van der Waals surface area contributed by atoms with Crippen LogP contribution in [0.5, 0.6) is 0 Å². The zero-order valence-electron chi connectivity index (χ0n) is 12.9. The average Bonchev–Trinajstić information content (AvgIpc) is 2.77. The predicted molar refractivity (Wildman–Crippen MR) is 82.6 cm³/mol. The monoisotopic (exact) mass is 302 g/mol. The molecule has 3 rings (SSSR count). The molecule has 1 aliphatic carbocycles. The van der Waals surface area contributed by atoms with Crippen LogP contribution in [-0.2, 0) is 4.79 Å². The molecule has 0 aromatic heterocycles. The van der Waals surface area contributed by atoms with Gasteiger partial charge in [-0.1, -0.05) is 12.1 Å². The summed E-state index contributed by atoms with van der Waals surface area (Å²) in [6, 6.07) is 6.13. The molecule has 1 heterocycles. The lowest BCUT2D eigenvalue weighted by Crippen LogP contribution is -2.53. The van der Waals surface area contributed by atoms with Gasteiger partial charge in [-0.25, -0.2) is 4.39 Å². The lowest BCUT2D eigenvalue weighted by molar-refractivity contribution is -0.131. The molecule has 22 heavy (non-hydrogen) atoms. The predicted octanol–water partition coefficient (Wildman–Crippen LogP) is 2.72. The van der Waals surface area contributed by atoms with E-state index in [9.17, 15) is 14.3 Å². The van der Waals surface area contributed by atoms with Crippen molar-refractivity contribution < 1.29 is 14.3 Å². The third kappa shape index (κ3) is 2.29. The van der Waals surface area contributed by atoms with Gasteiger partial charge in [0.05, 0.1) is 17.2 Å². The lowest BCUT2D eigenvalue weighted by atomic mass is 9.59. The number of nitrogens with zero attached hydrogens (tertiary/aromatic N) is 2. The number of hydrogen-bond acceptors (Lipinski definition) is 4. The number of Topliss-reactive ketones (excluding diaryl/α,β-unsaturated/α-hetero) is 1. The van der Waals surface area contributed by atoms with E-state index in [1.54, 1.807) is 19.1 Å². The van der Waals surface area contributed by atoms with Crippen LogP contribution in [0.25, 0.3) is 0 Å². The molecule has 2 aliphatic rings. The quantitative estimate of drug-likeness (QED) is 0.913. The first-order valence-corrected chi connectivity index (χ1v) is 7.40.